The molecular formula is C25H36IN5O2. The monoisotopic (exact) mass is 565 g/mol. The van der Waals surface area contributed by atoms with E-state index in [1.165, 1.54) is 11.1 Å². The molecule has 2 fully saturated rings. The molecule has 2 aromatic carbocycles. The van der Waals surface area contributed by atoms with E-state index in [1.807, 2.05) is 25.2 Å². The number of benzene rings is 2. The largest absolute Gasteiger partial charge is 0.506 e. The molecule has 0 bridgehead atoms. The van der Waals surface area contributed by atoms with Crippen LogP contribution in [0.25, 0.3) is 0 Å². The lowest BCUT2D eigenvalue weighted by Crippen LogP contribution is -2.54. The molecule has 2 aliphatic rings. The molecule has 0 aromatic heterocycles. The summed E-state index contributed by atoms with van der Waals surface area (Å²) in [4.78, 5) is 11.6. The zero-order valence-electron chi connectivity index (χ0n) is 19.6. The highest BCUT2D eigenvalue weighted by atomic mass is 127. The number of rotatable bonds is 5. The van der Waals surface area contributed by atoms with Crippen LogP contribution in [0.5, 0.6) is 5.75 Å². The number of halogens is 1. The van der Waals surface area contributed by atoms with Gasteiger partial charge in [-0.05, 0) is 24.6 Å². The molecule has 33 heavy (non-hydrogen) atoms. The minimum atomic E-state index is 0. The molecule has 0 aliphatic carbocycles. The van der Waals surface area contributed by atoms with E-state index in [9.17, 15) is 5.11 Å². The van der Waals surface area contributed by atoms with E-state index in [0.29, 0.717) is 5.75 Å². The summed E-state index contributed by atoms with van der Waals surface area (Å²) in [5.74, 6) is 1.28. The summed E-state index contributed by atoms with van der Waals surface area (Å²) >= 11 is 0. The van der Waals surface area contributed by atoms with Crippen molar-refractivity contribution in [2.45, 2.75) is 13.0 Å². The lowest BCUT2D eigenvalue weighted by molar-refractivity contribution is 0.0169. The first-order valence-corrected chi connectivity index (χ1v) is 11.5. The molecule has 180 valence electrons. The van der Waals surface area contributed by atoms with Gasteiger partial charge in [0.25, 0.3) is 0 Å². The molecule has 0 saturated carbocycles. The van der Waals surface area contributed by atoms with Crippen LogP contribution in [-0.4, -0.2) is 86.9 Å². The van der Waals surface area contributed by atoms with E-state index >= 15 is 0 Å². The number of morpholine rings is 1. The van der Waals surface area contributed by atoms with E-state index in [4.69, 9.17) is 4.74 Å². The van der Waals surface area contributed by atoms with Crippen LogP contribution < -0.4 is 10.2 Å². The summed E-state index contributed by atoms with van der Waals surface area (Å²) in [5, 5.41) is 13.8. The maximum Gasteiger partial charge on any atom is 0.193 e. The molecule has 0 amide bonds. The number of nitrogens with zero attached hydrogens (tertiary/aromatic N) is 4. The third-order valence-corrected chi connectivity index (χ3v) is 6.38. The zero-order chi connectivity index (χ0) is 22.3. The highest BCUT2D eigenvalue weighted by Gasteiger charge is 2.25. The molecule has 1 unspecified atom stereocenters. The summed E-state index contributed by atoms with van der Waals surface area (Å²) in [5.41, 5.74) is 3.52. The predicted octanol–water partition coefficient (Wildman–Crippen LogP) is 3.09. The van der Waals surface area contributed by atoms with Gasteiger partial charge in [0.05, 0.1) is 24.9 Å². The Balaban J connectivity index is 0.00000306. The van der Waals surface area contributed by atoms with Crippen molar-refractivity contribution in [1.82, 2.24) is 15.1 Å². The molecule has 0 radical (unpaired) electrons. The number of hydrogen-bond acceptors (Lipinski definition) is 5. The van der Waals surface area contributed by atoms with Crippen LogP contribution in [0, 0.1) is 6.92 Å². The highest BCUT2D eigenvalue weighted by Crippen LogP contribution is 2.27. The molecule has 0 spiro atoms. The van der Waals surface area contributed by atoms with Crippen molar-refractivity contribution in [2.24, 2.45) is 4.99 Å². The number of piperazine rings is 1. The van der Waals surface area contributed by atoms with Crippen LogP contribution in [0.15, 0.2) is 53.5 Å². The zero-order valence-corrected chi connectivity index (χ0v) is 21.9. The maximum atomic E-state index is 10.2. The summed E-state index contributed by atoms with van der Waals surface area (Å²) in [6.07, 6.45) is 0. The molecule has 2 aromatic rings. The molecule has 7 nitrogen and oxygen atoms in total. The first-order chi connectivity index (χ1) is 15.7. The number of phenols is 1. The number of anilines is 1. The Labute approximate surface area is 214 Å². The van der Waals surface area contributed by atoms with Crippen LogP contribution in [0.2, 0.25) is 0 Å². The van der Waals surface area contributed by atoms with Crippen molar-refractivity contribution < 1.29 is 9.84 Å². The number of aryl methyl sites for hydroxylation is 1. The fraction of sp³-hybridized carbons (Fsp3) is 0.480. The van der Waals surface area contributed by atoms with E-state index < -0.39 is 0 Å². The predicted molar refractivity (Wildman–Crippen MR) is 145 cm³/mol. The lowest BCUT2D eigenvalue weighted by atomic mass is 10.0. The number of aliphatic imine (C=N–C) groups is 1. The SMILES string of the molecule is CN=C(NCC(c1cccc(C)c1)N1CCOCC1)N1CCN(c2ccccc2O)CC1.I. The summed E-state index contributed by atoms with van der Waals surface area (Å²) in [6.45, 7) is 9.83. The summed E-state index contributed by atoms with van der Waals surface area (Å²) < 4.78 is 5.59. The van der Waals surface area contributed by atoms with Gasteiger partial charge in [-0.3, -0.25) is 9.89 Å². The van der Waals surface area contributed by atoms with Crippen LogP contribution in [0.4, 0.5) is 5.69 Å². The van der Waals surface area contributed by atoms with Crippen molar-refractivity contribution >= 4 is 35.6 Å². The van der Waals surface area contributed by atoms with E-state index in [-0.39, 0.29) is 30.0 Å². The minimum Gasteiger partial charge on any atom is -0.506 e. The Hall–Kier alpha value is -2.04. The molecule has 1 atom stereocenters. The minimum absolute atomic E-state index is 0. The van der Waals surface area contributed by atoms with E-state index in [2.05, 4.69) is 56.2 Å². The first-order valence-electron chi connectivity index (χ1n) is 11.5. The number of hydrogen-bond donors (Lipinski definition) is 2. The second-order valence-corrected chi connectivity index (χ2v) is 8.47. The molecule has 2 aliphatic heterocycles. The van der Waals surface area contributed by atoms with Crippen molar-refractivity contribution in [3.8, 4) is 5.75 Å². The van der Waals surface area contributed by atoms with Crippen LogP contribution in [-0.2, 0) is 4.74 Å². The second-order valence-electron chi connectivity index (χ2n) is 8.47. The maximum absolute atomic E-state index is 10.2. The van der Waals surface area contributed by atoms with Gasteiger partial charge >= 0.3 is 0 Å². The number of guanidine groups is 1. The quantitative estimate of drug-likeness (QED) is 0.330. The standard InChI is InChI=1S/C25H35N5O2.HI/c1-20-6-5-7-21(18-20)23(29-14-16-32-17-15-29)19-27-25(26-2)30-12-10-28(11-13-30)22-8-3-4-9-24(22)31;/h3-9,18,23,31H,10-17,19H2,1-2H3,(H,26,27);1H. The van der Waals surface area contributed by atoms with Gasteiger partial charge < -0.3 is 25.0 Å². The summed E-state index contributed by atoms with van der Waals surface area (Å²) in [6, 6.07) is 16.6. The fourth-order valence-electron chi connectivity index (χ4n) is 4.64. The van der Waals surface area contributed by atoms with Crippen molar-refractivity contribution in [3.05, 3.63) is 59.7 Å². The van der Waals surface area contributed by atoms with Gasteiger partial charge in [-0.1, -0.05) is 42.0 Å². The van der Waals surface area contributed by atoms with Crippen LogP contribution >= 0.6 is 24.0 Å². The second kappa shape index (κ2) is 12.4. The van der Waals surface area contributed by atoms with E-state index in [0.717, 1.165) is 70.7 Å². The smallest absolute Gasteiger partial charge is 0.193 e. The lowest BCUT2D eigenvalue weighted by Gasteiger charge is -2.39. The Bertz CT molecular complexity index is 911. The summed E-state index contributed by atoms with van der Waals surface area (Å²) in [7, 11) is 1.86. The Morgan fingerprint density at radius 3 is 2.42 bits per heavy atom. The van der Waals surface area contributed by atoms with Gasteiger partial charge in [0.2, 0.25) is 0 Å². The van der Waals surface area contributed by atoms with Gasteiger partial charge in [-0.25, -0.2) is 0 Å². The van der Waals surface area contributed by atoms with Crippen LogP contribution in [0.3, 0.4) is 0 Å². The molecule has 8 heteroatoms. The van der Waals surface area contributed by atoms with E-state index in [1.54, 1.807) is 6.07 Å². The molecular weight excluding hydrogens is 529 g/mol. The third kappa shape index (κ3) is 6.51. The fourth-order valence-corrected chi connectivity index (χ4v) is 4.64. The van der Waals surface area contributed by atoms with Crippen molar-refractivity contribution in [2.75, 3.05) is 71.0 Å². The van der Waals surface area contributed by atoms with Gasteiger partial charge in [-0.15, -0.1) is 24.0 Å². The molecule has 2 heterocycles. The topological polar surface area (TPSA) is 63.6 Å². The molecule has 4 rings (SSSR count). The molecule has 2 N–H and O–H groups in total. The number of nitrogens with one attached hydrogen (secondary N) is 1. The Morgan fingerprint density at radius 1 is 1.03 bits per heavy atom. The van der Waals surface area contributed by atoms with Gasteiger partial charge in [0.15, 0.2) is 5.96 Å². The highest BCUT2D eigenvalue weighted by molar-refractivity contribution is 14.0. The third-order valence-electron chi connectivity index (χ3n) is 6.38. The Morgan fingerprint density at radius 2 is 1.76 bits per heavy atom. The van der Waals surface area contributed by atoms with Gasteiger partial charge in [0, 0.05) is 52.9 Å². The van der Waals surface area contributed by atoms with Gasteiger partial charge in [-0.2, -0.15) is 0 Å². The van der Waals surface area contributed by atoms with Crippen LogP contribution in [0.1, 0.15) is 17.2 Å². The molecule has 2 saturated heterocycles. The Kier molecular flexibility index (Phi) is 9.64. The number of phenolic OH excluding ortho intramolecular Hbond substituents is 1. The van der Waals surface area contributed by atoms with Crippen molar-refractivity contribution in [1.29, 1.82) is 0 Å². The average Bonchev–Trinajstić information content (AvgIpc) is 2.83. The number of aromatic hydroxyl groups is 1. The normalized spacial score (nSPS) is 18.5. The average molecular weight is 566 g/mol. The number of para-hydroxylation sites is 2. The first kappa shape index (κ1) is 25.6. The number of ether oxygens (including phenoxy) is 1. The van der Waals surface area contributed by atoms with Gasteiger partial charge in [0.1, 0.15) is 5.75 Å². The van der Waals surface area contributed by atoms with Crippen molar-refractivity contribution in [3.63, 3.8) is 0 Å².